The zero-order valence-electron chi connectivity index (χ0n) is 7.66. The maximum absolute atomic E-state index is 11.3. The van der Waals surface area contributed by atoms with Gasteiger partial charge >= 0.3 is 0 Å². The van der Waals surface area contributed by atoms with E-state index in [9.17, 15) is 8.78 Å². The summed E-state index contributed by atoms with van der Waals surface area (Å²) in [4.78, 5) is 0. The van der Waals surface area contributed by atoms with E-state index in [0.717, 1.165) is 6.92 Å². The lowest BCUT2D eigenvalue weighted by Crippen LogP contribution is -2.01. The summed E-state index contributed by atoms with van der Waals surface area (Å²) in [6.45, 7) is 13.9. The minimum absolute atomic E-state index is 0.604. The van der Waals surface area contributed by atoms with Gasteiger partial charge in [-0.15, -0.1) is 13.2 Å². The van der Waals surface area contributed by atoms with Crippen LogP contribution in [0, 0.1) is 0 Å². The molecule has 0 aromatic carbocycles. The van der Waals surface area contributed by atoms with Gasteiger partial charge in [-0.05, 0) is 6.08 Å². The van der Waals surface area contributed by atoms with E-state index in [-0.39, 0.29) is 0 Å². The van der Waals surface area contributed by atoms with Gasteiger partial charge in [-0.3, -0.25) is 0 Å². The third-order valence-corrected chi connectivity index (χ3v) is 0.358. The fourth-order valence-corrected chi connectivity index (χ4v) is 0. The Hall–Kier alpha value is -0.660. The molecule has 0 heterocycles. The topological polar surface area (TPSA) is 0 Å². The molecule has 0 unspecified atom stereocenters. The van der Waals surface area contributed by atoms with Crippen LogP contribution in [0.25, 0.3) is 0 Å². The van der Waals surface area contributed by atoms with Crippen molar-refractivity contribution in [1.82, 2.24) is 0 Å². The van der Waals surface area contributed by atoms with Crippen LogP contribution in [0.4, 0.5) is 8.78 Å². The number of hydrogen-bond acceptors (Lipinski definition) is 0. The van der Waals surface area contributed by atoms with Crippen molar-refractivity contribution in [3.63, 3.8) is 0 Å². The molecule has 0 aliphatic rings. The lowest BCUT2D eigenvalue weighted by atomic mass is 10.4. The highest BCUT2D eigenvalue weighted by Gasteiger charge is 2.12. The van der Waals surface area contributed by atoms with Crippen molar-refractivity contribution >= 4 is 0 Å². The molecule has 0 rings (SSSR count). The monoisotopic (exact) mass is 164 g/mol. The molecule has 0 amide bonds. The average Bonchev–Trinajstić information content (AvgIpc) is 1.93. The molecule has 0 saturated heterocycles. The standard InChI is InChI=1S/C4H6F2.C3H8.C2H4/c1-3-4(2,5)6;1-3-2;1-2/h3H,1H2,2H3;3H2,1-2H3;1-2H2. The molecule has 0 N–H and O–H groups in total. The smallest absolute Gasteiger partial charge is 0.202 e. The van der Waals surface area contributed by atoms with Gasteiger partial charge in [-0.25, -0.2) is 8.78 Å². The van der Waals surface area contributed by atoms with E-state index < -0.39 is 5.92 Å². The highest BCUT2D eigenvalue weighted by atomic mass is 19.3. The predicted octanol–water partition coefficient (Wildman–Crippen LogP) is 4.05. The first-order valence-electron chi connectivity index (χ1n) is 3.49. The third-order valence-electron chi connectivity index (χ3n) is 0.358. The van der Waals surface area contributed by atoms with Gasteiger partial charge in [0.15, 0.2) is 0 Å². The van der Waals surface area contributed by atoms with E-state index in [4.69, 9.17) is 0 Å². The average molecular weight is 164 g/mol. The van der Waals surface area contributed by atoms with Crippen LogP contribution in [0.1, 0.15) is 27.2 Å². The summed E-state index contributed by atoms with van der Waals surface area (Å²) in [5.41, 5.74) is 0. The quantitative estimate of drug-likeness (QED) is 0.513. The molecule has 68 valence electrons. The molecule has 0 spiro atoms. The molecular weight excluding hydrogens is 146 g/mol. The summed E-state index contributed by atoms with van der Waals surface area (Å²) < 4.78 is 22.7. The molecule has 2 heteroatoms. The molecule has 0 aliphatic carbocycles. The van der Waals surface area contributed by atoms with Gasteiger partial charge in [0.1, 0.15) is 0 Å². The molecule has 0 atom stereocenters. The Kier molecular flexibility index (Phi) is 18.4. The van der Waals surface area contributed by atoms with Crippen LogP contribution in [-0.2, 0) is 0 Å². The van der Waals surface area contributed by atoms with Crippen LogP contribution in [0.2, 0.25) is 0 Å². The van der Waals surface area contributed by atoms with Gasteiger partial charge in [-0.2, -0.15) is 0 Å². The molecule has 0 bridgehead atoms. The molecule has 0 aliphatic heterocycles. The van der Waals surface area contributed by atoms with Crippen LogP contribution < -0.4 is 0 Å². The molecule has 0 saturated carbocycles. The number of halogens is 2. The second-order valence-electron chi connectivity index (χ2n) is 1.87. The first-order chi connectivity index (χ1) is 4.97. The van der Waals surface area contributed by atoms with Crippen molar-refractivity contribution in [2.24, 2.45) is 0 Å². The van der Waals surface area contributed by atoms with Crippen molar-refractivity contribution in [3.05, 3.63) is 25.8 Å². The maximum atomic E-state index is 11.3. The number of rotatable bonds is 1. The van der Waals surface area contributed by atoms with Crippen molar-refractivity contribution in [2.75, 3.05) is 0 Å². The summed E-state index contributed by atoms with van der Waals surface area (Å²) in [7, 11) is 0. The van der Waals surface area contributed by atoms with Gasteiger partial charge in [-0.1, -0.05) is 26.8 Å². The maximum Gasteiger partial charge on any atom is 0.263 e. The van der Waals surface area contributed by atoms with Crippen LogP contribution in [0.15, 0.2) is 25.8 Å². The summed E-state index contributed by atoms with van der Waals surface area (Å²) >= 11 is 0. The minimum atomic E-state index is -2.69. The van der Waals surface area contributed by atoms with E-state index in [1.54, 1.807) is 0 Å². The SMILES string of the molecule is C=C.C=CC(C)(F)F.CCC. The van der Waals surface area contributed by atoms with Gasteiger partial charge < -0.3 is 0 Å². The van der Waals surface area contributed by atoms with E-state index in [0.29, 0.717) is 6.08 Å². The van der Waals surface area contributed by atoms with Crippen molar-refractivity contribution < 1.29 is 8.78 Å². The zero-order chi connectivity index (χ0) is 9.91. The first kappa shape index (κ1) is 16.7. The third kappa shape index (κ3) is 91.9. The van der Waals surface area contributed by atoms with Crippen LogP contribution in [0.3, 0.4) is 0 Å². The summed E-state index contributed by atoms with van der Waals surface area (Å²) in [5, 5.41) is 0. The summed E-state index contributed by atoms with van der Waals surface area (Å²) in [6, 6.07) is 0. The fourth-order valence-electron chi connectivity index (χ4n) is 0. The molecule has 0 aromatic rings. The molecule has 0 fully saturated rings. The number of alkyl halides is 2. The van der Waals surface area contributed by atoms with Crippen LogP contribution in [-0.4, -0.2) is 5.92 Å². The number of hydrogen-bond donors (Lipinski definition) is 0. The van der Waals surface area contributed by atoms with Crippen LogP contribution in [0.5, 0.6) is 0 Å². The Labute approximate surface area is 68.6 Å². The summed E-state index contributed by atoms with van der Waals surface area (Å²) in [6.07, 6.45) is 1.85. The first-order valence-corrected chi connectivity index (χ1v) is 3.49. The molecule has 0 aromatic heterocycles. The Balaban J connectivity index is -0.000000109. The lowest BCUT2D eigenvalue weighted by Gasteiger charge is -1.97. The Morgan fingerprint density at radius 3 is 1.36 bits per heavy atom. The van der Waals surface area contributed by atoms with Crippen molar-refractivity contribution in [2.45, 2.75) is 33.1 Å². The Bertz CT molecular complexity index is 72.1. The van der Waals surface area contributed by atoms with Gasteiger partial charge in [0.25, 0.3) is 5.92 Å². The van der Waals surface area contributed by atoms with Crippen LogP contribution >= 0.6 is 0 Å². The van der Waals surface area contributed by atoms with Crippen molar-refractivity contribution in [3.8, 4) is 0 Å². The molecule has 11 heavy (non-hydrogen) atoms. The Morgan fingerprint density at radius 2 is 1.36 bits per heavy atom. The zero-order valence-corrected chi connectivity index (χ0v) is 7.66. The van der Waals surface area contributed by atoms with E-state index >= 15 is 0 Å². The van der Waals surface area contributed by atoms with E-state index in [1.165, 1.54) is 6.42 Å². The molecular formula is C9H18F2. The fraction of sp³-hybridized carbons (Fsp3) is 0.556. The largest absolute Gasteiger partial charge is 0.263 e. The second kappa shape index (κ2) is 12.1. The molecule has 0 nitrogen and oxygen atoms in total. The van der Waals surface area contributed by atoms with Gasteiger partial charge in [0, 0.05) is 6.92 Å². The predicted molar refractivity (Wildman–Crippen MR) is 48.0 cm³/mol. The highest BCUT2D eigenvalue weighted by Crippen LogP contribution is 2.10. The summed E-state index contributed by atoms with van der Waals surface area (Å²) in [5.74, 6) is -2.69. The molecule has 0 radical (unpaired) electrons. The normalized spacial score (nSPS) is 8.09. The second-order valence-corrected chi connectivity index (χ2v) is 1.87. The Morgan fingerprint density at radius 1 is 1.27 bits per heavy atom. The minimum Gasteiger partial charge on any atom is -0.202 e. The van der Waals surface area contributed by atoms with Gasteiger partial charge in [0.05, 0.1) is 0 Å². The number of allylic oxidation sites excluding steroid dienone is 1. The lowest BCUT2D eigenvalue weighted by molar-refractivity contribution is 0.0779. The van der Waals surface area contributed by atoms with E-state index in [2.05, 4.69) is 33.6 Å². The van der Waals surface area contributed by atoms with Crippen molar-refractivity contribution in [1.29, 1.82) is 0 Å². The van der Waals surface area contributed by atoms with Gasteiger partial charge in [0.2, 0.25) is 0 Å². The van der Waals surface area contributed by atoms with E-state index in [1.807, 2.05) is 0 Å². The highest BCUT2D eigenvalue weighted by molar-refractivity contribution is 4.81.